The van der Waals surface area contributed by atoms with E-state index in [9.17, 15) is 5.21 Å². The number of hydrogen-bond acceptors (Lipinski definition) is 3. The minimum Gasteiger partial charge on any atom is -0.427 e. The Morgan fingerprint density at radius 1 is 1.25 bits per heavy atom. The van der Waals surface area contributed by atoms with Gasteiger partial charge in [-0.1, -0.05) is 29.3 Å². The number of halogens is 3. The summed E-state index contributed by atoms with van der Waals surface area (Å²) in [5, 5.41) is 11.2. The summed E-state index contributed by atoms with van der Waals surface area (Å²) >= 11 is 12.3. The molecule has 110 valence electrons. The van der Waals surface area contributed by atoms with E-state index in [1.54, 1.807) is 18.2 Å². The molecule has 2 aromatic rings. The molecule has 0 fully saturated rings. The zero-order chi connectivity index (χ0) is 14.2. The fourth-order valence-electron chi connectivity index (χ4n) is 1.91. The number of imidazole rings is 1. The fraction of sp³-hybridized carbons (Fsp3) is 0.308. The van der Waals surface area contributed by atoms with E-state index in [1.165, 1.54) is 0 Å². The van der Waals surface area contributed by atoms with Crippen LogP contribution in [0.4, 0.5) is 0 Å². The molecule has 20 heavy (non-hydrogen) atoms. The minimum absolute atomic E-state index is 0. The Labute approximate surface area is 134 Å². The lowest BCUT2D eigenvalue weighted by Gasteiger charge is -2.11. The van der Waals surface area contributed by atoms with Crippen LogP contribution in [-0.4, -0.2) is 33.9 Å². The normalized spacial score (nSPS) is 10.7. The summed E-state index contributed by atoms with van der Waals surface area (Å²) in [6.45, 7) is 2.43. The molecule has 0 aliphatic heterocycles. The Hall–Kier alpha value is -0.940. The monoisotopic (exact) mass is 335 g/mol. The topological polar surface area (TPSA) is 41.3 Å². The number of aryl methyl sites for hydroxylation is 1. The number of nitrogens with zero attached hydrogens (tertiary/aromatic N) is 3. The molecule has 0 atom stereocenters. The minimum atomic E-state index is 0. The van der Waals surface area contributed by atoms with Gasteiger partial charge in [-0.15, -0.1) is 12.4 Å². The van der Waals surface area contributed by atoms with Gasteiger partial charge in [0.05, 0.1) is 27.0 Å². The molecule has 1 aromatic heterocycles. The van der Waals surface area contributed by atoms with Gasteiger partial charge in [0.1, 0.15) is 0 Å². The largest absolute Gasteiger partial charge is 0.427 e. The molecule has 0 aliphatic rings. The molecule has 0 bridgehead atoms. The van der Waals surface area contributed by atoms with Gasteiger partial charge in [-0.2, -0.15) is 4.73 Å². The highest BCUT2D eigenvalue weighted by Crippen LogP contribution is 2.34. The molecule has 1 heterocycles. The van der Waals surface area contributed by atoms with Crippen LogP contribution in [0.5, 0.6) is 0 Å². The average molecular weight is 337 g/mol. The second-order valence-corrected chi connectivity index (χ2v) is 5.43. The van der Waals surface area contributed by atoms with Crippen LogP contribution in [0.1, 0.15) is 11.4 Å². The first-order chi connectivity index (χ1) is 8.91. The van der Waals surface area contributed by atoms with Crippen molar-refractivity contribution in [3.05, 3.63) is 39.6 Å². The number of aromatic nitrogens is 2. The summed E-state index contributed by atoms with van der Waals surface area (Å²) in [7, 11) is 3.85. The Morgan fingerprint density at radius 3 is 2.30 bits per heavy atom. The van der Waals surface area contributed by atoms with Gasteiger partial charge in [0.15, 0.2) is 5.82 Å². The van der Waals surface area contributed by atoms with Crippen LogP contribution in [0, 0.1) is 6.92 Å². The van der Waals surface area contributed by atoms with Crippen molar-refractivity contribution >= 4 is 35.6 Å². The Bertz CT molecular complexity index is 591. The third-order valence-electron chi connectivity index (χ3n) is 2.80. The van der Waals surface area contributed by atoms with Crippen molar-refractivity contribution in [3.63, 3.8) is 0 Å². The fourth-order valence-corrected chi connectivity index (χ4v) is 2.47. The quantitative estimate of drug-likeness (QED) is 0.865. The standard InChI is InChI=1S/C13H15Cl2N3O.ClH/c1-8-11(7-17(2)3)18(19)13(16-8)12-9(14)5-4-6-10(12)15;/h4-6,19H,7H2,1-3H3;1H. The molecule has 0 amide bonds. The van der Waals surface area contributed by atoms with Crippen molar-refractivity contribution in [2.75, 3.05) is 14.1 Å². The van der Waals surface area contributed by atoms with Crippen LogP contribution in [0.25, 0.3) is 11.4 Å². The van der Waals surface area contributed by atoms with Gasteiger partial charge in [0.2, 0.25) is 0 Å². The van der Waals surface area contributed by atoms with Crippen molar-refractivity contribution in [1.82, 2.24) is 14.6 Å². The van der Waals surface area contributed by atoms with Crippen LogP contribution < -0.4 is 0 Å². The Balaban J connectivity index is 0.00000200. The van der Waals surface area contributed by atoms with E-state index in [0.29, 0.717) is 28.0 Å². The third-order valence-corrected chi connectivity index (χ3v) is 3.43. The van der Waals surface area contributed by atoms with Gasteiger partial charge < -0.3 is 10.1 Å². The van der Waals surface area contributed by atoms with Gasteiger partial charge in [0, 0.05) is 6.54 Å². The zero-order valence-electron chi connectivity index (χ0n) is 11.4. The van der Waals surface area contributed by atoms with E-state index >= 15 is 0 Å². The maximum atomic E-state index is 10.3. The van der Waals surface area contributed by atoms with Crippen LogP contribution in [0.3, 0.4) is 0 Å². The van der Waals surface area contributed by atoms with Crippen LogP contribution >= 0.6 is 35.6 Å². The van der Waals surface area contributed by atoms with Gasteiger partial charge in [-0.25, -0.2) is 4.98 Å². The van der Waals surface area contributed by atoms with Gasteiger partial charge in [-0.3, -0.25) is 0 Å². The Morgan fingerprint density at radius 2 is 1.80 bits per heavy atom. The number of benzene rings is 1. The maximum absolute atomic E-state index is 10.3. The lowest BCUT2D eigenvalue weighted by atomic mass is 10.2. The Kier molecular flexibility index (Phi) is 5.71. The molecule has 0 spiro atoms. The lowest BCUT2D eigenvalue weighted by molar-refractivity contribution is 0.172. The highest BCUT2D eigenvalue weighted by Gasteiger charge is 2.19. The van der Waals surface area contributed by atoms with Gasteiger partial charge >= 0.3 is 0 Å². The SMILES string of the molecule is Cc1nc(-c2c(Cl)cccc2Cl)n(O)c1CN(C)C.Cl. The van der Waals surface area contributed by atoms with E-state index in [0.717, 1.165) is 16.1 Å². The lowest BCUT2D eigenvalue weighted by Crippen LogP contribution is -2.15. The summed E-state index contributed by atoms with van der Waals surface area (Å²) in [6.07, 6.45) is 0. The maximum Gasteiger partial charge on any atom is 0.178 e. The number of rotatable bonds is 3. The van der Waals surface area contributed by atoms with Crippen molar-refractivity contribution < 1.29 is 5.21 Å². The molecule has 0 saturated heterocycles. The molecule has 1 N–H and O–H groups in total. The van der Waals surface area contributed by atoms with Crippen molar-refractivity contribution in [2.24, 2.45) is 0 Å². The molecule has 0 unspecified atom stereocenters. The van der Waals surface area contributed by atoms with E-state index in [1.807, 2.05) is 25.9 Å². The van der Waals surface area contributed by atoms with Crippen molar-refractivity contribution in [2.45, 2.75) is 13.5 Å². The first-order valence-corrected chi connectivity index (χ1v) is 6.54. The predicted molar refractivity (Wildman–Crippen MR) is 84.2 cm³/mol. The van der Waals surface area contributed by atoms with Crippen LogP contribution in [0.2, 0.25) is 10.0 Å². The molecular formula is C13H16Cl3N3O. The smallest absolute Gasteiger partial charge is 0.178 e. The number of hydrogen-bond donors (Lipinski definition) is 1. The summed E-state index contributed by atoms with van der Waals surface area (Å²) < 4.78 is 1.06. The van der Waals surface area contributed by atoms with Crippen molar-refractivity contribution in [3.8, 4) is 11.4 Å². The summed E-state index contributed by atoms with van der Waals surface area (Å²) in [5.74, 6) is 0.366. The highest BCUT2D eigenvalue weighted by atomic mass is 35.5. The van der Waals surface area contributed by atoms with E-state index < -0.39 is 0 Å². The molecule has 1 aromatic carbocycles. The molecule has 7 heteroatoms. The first-order valence-electron chi connectivity index (χ1n) is 5.78. The molecule has 0 saturated carbocycles. The second-order valence-electron chi connectivity index (χ2n) is 4.61. The van der Waals surface area contributed by atoms with Crippen LogP contribution in [-0.2, 0) is 6.54 Å². The summed E-state index contributed by atoms with van der Waals surface area (Å²) in [5.41, 5.74) is 2.01. The van der Waals surface area contributed by atoms with Crippen LogP contribution in [0.15, 0.2) is 18.2 Å². The average Bonchev–Trinajstić information content (AvgIpc) is 2.57. The third kappa shape index (κ3) is 3.20. The molecule has 4 nitrogen and oxygen atoms in total. The highest BCUT2D eigenvalue weighted by molar-refractivity contribution is 6.39. The first kappa shape index (κ1) is 17.1. The van der Waals surface area contributed by atoms with E-state index in [4.69, 9.17) is 23.2 Å². The second kappa shape index (κ2) is 6.68. The van der Waals surface area contributed by atoms with E-state index in [-0.39, 0.29) is 12.4 Å². The molecule has 0 aliphatic carbocycles. The molecule has 2 rings (SSSR count). The molecule has 0 radical (unpaired) electrons. The van der Waals surface area contributed by atoms with Crippen molar-refractivity contribution in [1.29, 1.82) is 0 Å². The predicted octanol–water partition coefficient (Wildman–Crippen LogP) is 3.89. The summed E-state index contributed by atoms with van der Waals surface area (Å²) in [6, 6.07) is 5.20. The summed E-state index contributed by atoms with van der Waals surface area (Å²) in [4.78, 5) is 6.33. The van der Waals surface area contributed by atoms with Gasteiger partial charge in [-0.05, 0) is 33.2 Å². The molecular weight excluding hydrogens is 321 g/mol. The van der Waals surface area contributed by atoms with Gasteiger partial charge in [0.25, 0.3) is 0 Å². The zero-order valence-corrected chi connectivity index (χ0v) is 13.7. The van der Waals surface area contributed by atoms with E-state index in [2.05, 4.69) is 4.98 Å².